The number of hydrogen-bond donors (Lipinski definition) is 1. The molecule has 0 radical (unpaired) electrons. The van der Waals surface area contributed by atoms with Gasteiger partial charge in [-0.2, -0.15) is 4.98 Å². The second kappa shape index (κ2) is 5.54. The largest absolute Gasteiger partial charge is 0.339 e. The molecule has 1 N–H and O–H groups in total. The van der Waals surface area contributed by atoms with Crippen molar-refractivity contribution in [2.45, 2.75) is 50.6 Å². The second-order valence-corrected chi connectivity index (χ2v) is 7.39. The van der Waals surface area contributed by atoms with Crippen LogP contribution in [0.4, 0.5) is 4.79 Å². The summed E-state index contributed by atoms with van der Waals surface area (Å²) in [4.78, 5) is 32.2. The maximum absolute atomic E-state index is 12.5. The summed E-state index contributed by atoms with van der Waals surface area (Å²) in [6.07, 6.45) is 4.19. The number of likely N-dealkylation sites (tertiary alicyclic amines) is 1. The van der Waals surface area contributed by atoms with Crippen LogP contribution in [0.1, 0.15) is 50.2 Å². The fraction of sp³-hybridized carbons (Fsp3) is 0.750. The minimum atomic E-state index is -0.819. The Hall–Kier alpha value is -1.96. The minimum absolute atomic E-state index is 0.0856. The highest BCUT2D eigenvalue weighted by atomic mass is 16.5. The Morgan fingerprint density at radius 1 is 1.33 bits per heavy atom. The zero-order valence-corrected chi connectivity index (χ0v) is 14.1. The molecule has 2 saturated heterocycles. The van der Waals surface area contributed by atoms with E-state index >= 15 is 0 Å². The molecule has 0 unspecified atom stereocenters. The lowest BCUT2D eigenvalue weighted by molar-refractivity contribution is -0.132. The van der Waals surface area contributed by atoms with Crippen LogP contribution in [0.15, 0.2) is 4.52 Å². The van der Waals surface area contributed by atoms with Crippen molar-refractivity contribution in [1.82, 2.24) is 25.3 Å². The molecular weight excluding hydrogens is 310 g/mol. The van der Waals surface area contributed by atoms with Crippen molar-refractivity contribution in [2.75, 3.05) is 20.1 Å². The van der Waals surface area contributed by atoms with E-state index < -0.39 is 5.54 Å². The molecule has 1 aliphatic carbocycles. The highest BCUT2D eigenvalue weighted by molar-refractivity contribution is 6.06. The minimum Gasteiger partial charge on any atom is -0.339 e. The zero-order valence-electron chi connectivity index (χ0n) is 14.1. The van der Waals surface area contributed by atoms with Gasteiger partial charge in [0.15, 0.2) is 5.82 Å². The quantitative estimate of drug-likeness (QED) is 0.830. The van der Waals surface area contributed by atoms with Crippen molar-refractivity contribution in [2.24, 2.45) is 5.92 Å². The fourth-order valence-corrected chi connectivity index (χ4v) is 3.77. The summed E-state index contributed by atoms with van der Waals surface area (Å²) in [7, 11) is 1.53. The number of aromatic nitrogens is 2. The van der Waals surface area contributed by atoms with Crippen molar-refractivity contribution in [3.8, 4) is 0 Å². The van der Waals surface area contributed by atoms with E-state index in [1.807, 2.05) is 6.92 Å². The summed E-state index contributed by atoms with van der Waals surface area (Å²) in [6, 6.07) is -0.313. The van der Waals surface area contributed by atoms with Crippen LogP contribution in [0.3, 0.4) is 0 Å². The van der Waals surface area contributed by atoms with Gasteiger partial charge in [-0.05, 0) is 39.2 Å². The van der Waals surface area contributed by atoms with Gasteiger partial charge in [0.2, 0.25) is 5.89 Å². The molecule has 8 nitrogen and oxygen atoms in total. The van der Waals surface area contributed by atoms with Gasteiger partial charge < -0.3 is 9.84 Å². The lowest BCUT2D eigenvalue weighted by Crippen LogP contribution is -2.55. The number of nitrogens with zero attached hydrogens (tertiary/aromatic N) is 4. The highest BCUT2D eigenvalue weighted by Gasteiger charge is 2.51. The first kappa shape index (κ1) is 15.6. The first-order chi connectivity index (χ1) is 11.5. The molecule has 24 heavy (non-hydrogen) atoms. The maximum atomic E-state index is 12.5. The molecule has 2 atom stereocenters. The Labute approximate surface area is 140 Å². The van der Waals surface area contributed by atoms with Crippen LogP contribution in [-0.2, 0) is 11.3 Å². The Balaban J connectivity index is 1.43. The SMILES string of the molecule is CN1C(=O)N[C@](C)([C@@H]2CCCN(Cc3noc(C4CC4)n3)C2)C1=O. The van der Waals surface area contributed by atoms with Crippen LogP contribution in [0.2, 0.25) is 0 Å². The number of urea groups is 1. The molecule has 0 spiro atoms. The first-order valence-electron chi connectivity index (χ1n) is 8.62. The average molecular weight is 333 g/mol. The Morgan fingerprint density at radius 3 is 2.79 bits per heavy atom. The van der Waals surface area contributed by atoms with Crippen molar-refractivity contribution in [3.63, 3.8) is 0 Å². The third-order valence-electron chi connectivity index (χ3n) is 5.52. The number of likely N-dealkylation sites (N-methyl/N-ethyl adjacent to an activating group) is 1. The molecular formula is C16H23N5O3. The van der Waals surface area contributed by atoms with E-state index in [4.69, 9.17) is 4.52 Å². The summed E-state index contributed by atoms with van der Waals surface area (Å²) in [6.45, 7) is 4.15. The molecule has 2 aliphatic heterocycles. The predicted molar refractivity (Wildman–Crippen MR) is 84.0 cm³/mol. The molecule has 1 aromatic heterocycles. The molecule has 3 amide bonds. The fourth-order valence-electron chi connectivity index (χ4n) is 3.77. The van der Waals surface area contributed by atoms with Gasteiger partial charge in [-0.25, -0.2) is 4.79 Å². The van der Waals surface area contributed by atoms with E-state index in [1.54, 1.807) is 0 Å². The summed E-state index contributed by atoms with van der Waals surface area (Å²) in [5.74, 6) is 1.87. The van der Waals surface area contributed by atoms with Crippen LogP contribution < -0.4 is 5.32 Å². The Kier molecular flexibility index (Phi) is 3.59. The van der Waals surface area contributed by atoms with Crippen LogP contribution in [0.25, 0.3) is 0 Å². The lowest BCUT2D eigenvalue weighted by atomic mass is 9.80. The topological polar surface area (TPSA) is 91.6 Å². The van der Waals surface area contributed by atoms with Crippen LogP contribution in [0, 0.1) is 5.92 Å². The van der Waals surface area contributed by atoms with Gasteiger partial charge in [0.1, 0.15) is 5.54 Å². The summed E-state index contributed by atoms with van der Waals surface area (Å²) < 4.78 is 5.32. The molecule has 0 bridgehead atoms. The van der Waals surface area contributed by atoms with E-state index in [0.717, 1.165) is 44.7 Å². The van der Waals surface area contributed by atoms with Crippen molar-refractivity contribution in [3.05, 3.63) is 11.7 Å². The molecule has 4 rings (SSSR count). The number of hydrogen-bond acceptors (Lipinski definition) is 6. The number of rotatable bonds is 4. The normalized spacial score (nSPS) is 31.6. The molecule has 1 aromatic rings. The first-order valence-corrected chi connectivity index (χ1v) is 8.62. The van der Waals surface area contributed by atoms with Gasteiger partial charge in [0.05, 0.1) is 6.54 Å². The highest BCUT2D eigenvalue weighted by Crippen LogP contribution is 2.39. The lowest BCUT2D eigenvalue weighted by Gasteiger charge is -2.39. The van der Waals surface area contributed by atoms with Crippen LogP contribution in [-0.4, -0.2) is 57.6 Å². The monoisotopic (exact) mass is 333 g/mol. The van der Waals surface area contributed by atoms with E-state index in [0.29, 0.717) is 18.3 Å². The average Bonchev–Trinajstić information content (AvgIpc) is 3.29. The summed E-state index contributed by atoms with van der Waals surface area (Å²) in [5.41, 5.74) is -0.819. The van der Waals surface area contributed by atoms with Crippen molar-refractivity contribution in [1.29, 1.82) is 0 Å². The second-order valence-electron chi connectivity index (χ2n) is 7.39. The van der Waals surface area contributed by atoms with Gasteiger partial charge in [0, 0.05) is 25.4 Å². The number of amides is 3. The summed E-state index contributed by atoms with van der Waals surface area (Å²) in [5, 5.41) is 6.95. The Bertz CT molecular complexity index is 670. The van der Waals surface area contributed by atoms with Crippen molar-refractivity contribution >= 4 is 11.9 Å². The van der Waals surface area contributed by atoms with Crippen LogP contribution >= 0.6 is 0 Å². The van der Waals surface area contributed by atoms with Gasteiger partial charge in [0.25, 0.3) is 5.91 Å². The number of piperidine rings is 1. The van der Waals surface area contributed by atoms with Gasteiger partial charge in [-0.1, -0.05) is 5.16 Å². The van der Waals surface area contributed by atoms with Crippen LogP contribution in [0.5, 0.6) is 0 Å². The van der Waals surface area contributed by atoms with Crippen molar-refractivity contribution < 1.29 is 14.1 Å². The maximum Gasteiger partial charge on any atom is 0.324 e. The molecule has 1 saturated carbocycles. The number of nitrogens with one attached hydrogen (secondary N) is 1. The van der Waals surface area contributed by atoms with E-state index in [2.05, 4.69) is 20.4 Å². The number of carbonyl (C=O) groups is 2. The van der Waals surface area contributed by atoms with Gasteiger partial charge in [-0.3, -0.25) is 14.6 Å². The molecule has 130 valence electrons. The zero-order chi connectivity index (χ0) is 16.9. The molecule has 0 aromatic carbocycles. The predicted octanol–water partition coefficient (Wildman–Crippen LogP) is 1.10. The number of carbonyl (C=O) groups excluding carboxylic acids is 2. The molecule has 3 heterocycles. The standard InChI is InChI=1S/C16H23N5O3/c1-16(14(22)20(2)15(23)18-16)11-4-3-7-21(8-11)9-12-17-13(24-19-12)10-5-6-10/h10-11H,3-9H2,1-2H3,(H,18,23)/t11-,16-/m1/s1. The smallest absolute Gasteiger partial charge is 0.324 e. The molecule has 8 heteroatoms. The van der Waals surface area contributed by atoms with Gasteiger partial charge >= 0.3 is 6.03 Å². The van der Waals surface area contributed by atoms with E-state index in [1.165, 1.54) is 11.9 Å². The van der Waals surface area contributed by atoms with E-state index in [9.17, 15) is 9.59 Å². The Morgan fingerprint density at radius 2 is 2.12 bits per heavy atom. The van der Waals surface area contributed by atoms with Gasteiger partial charge in [-0.15, -0.1) is 0 Å². The third kappa shape index (κ3) is 2.58. The molecule has 3 fully saturated rings. The van der Waals surface area contributed by atoms with E-state index in [-0.39, 0.29) is 17.9 Å². The summed E-state index contributed by atoms with van der Waals surface area (Å²) >= 11 is 0. The third-order valence-corrected chi connectivity index (χ3v) is 5.52. The number of imide groups is 1. The molecule has 3 aliphatic rings.